The predicted octanol–water partition coefficient (Wildman–Crippen LogP) is 4.80. The first-order valence-corrected chi connectivity index (χ1v) is 10.7. The number of imide groups is 1. The molecule has 0 fully saturated rings. The van der Waals surface area contributed by atoms with Crippen LogP contribution in [0.5, 0.6) is 5.75 Å². The Bertz CT molecular complexity index is 1200. The molecule has 0 saturated carbocycles. The Morgan fingerprint density at radius 1 is 1.06 bits per heavy atom. The number of nitro groups is 1. The highest BCUT2D eigenvalue weighted by molar-refractivity contribution is 8.03. The first kappa shape index (κ1) is 21.4. The molecule has 4 rings (SSSR count). The number of nitrogens with zero attached hydrogens (tertiary/aromatic N) is 2. The van der Waals surface area contributed by atoms with E-state index in [0.29, 0.717) is 35.1 Å². The van der Waals surface area contributed by atoms with E-state index in [0.717, 1.165) is 4.90 Å². The Morgan fingerprint density at radius 2 is 1.84 bits per heavy atom. The summed E-state index contributed by atoms with van der Waals surface area (Å²) in [6.07, 6.45) is 1.54. The molecule has 2 aromatic carbocycles. The van der Waals surface area contributed by atoms with Crippen molar-refractivity contribution in [2.45, 2.75) is 12.7 Å². The summed E-state index contributed by atoms with van der Waals surface area (Å²) in [4.78, 5) is 38.6. The zero-order valence-corrected chi connectivity index (χ0v) is 17.8. The van der Waals surface area contributed by atoms with Gasteiger partial charge in [-0.1, -0.05) is 6.07 Å². The van der Waals surface area contributed by atoms with Crippen molar-refractivity contribution in [3.63, 3.8) is 0 Å². The first-order chi connectivity index (χ1) is 15.5. The third-order valence-electron chi connectivity index (χ3n) is 4.73. The van der Waals surface area contributed by atoms with Crippen LogP contribution in [0.2, 0.25) is 0 Å². The second-order valence-corrected chi connectivity index (χ2v) is 7.74. The van der Waals surface area contributed by atoms with E-state index in [-0.39, 0.29) is 16.2 Å². The number of thioether (sulfide) groups is 1. The number of carbonyl (C=O) groups excluding carboxylic acids is 2. The number of furan rings is 1. The summed E-state index contributed by atoms with van der Waals surface area (Å²) in [6, 6.07) is 15.9. The van der Waals surface area contributed by atoms with Crippen LogP contribution in [0.1, 0.15) is 18.2 Å². The van der Waals surface area contributed by atoms with Crippen LogP contribution in [-0.4, -0.2) is 23.3 Å². The highest BCUT2D eigenvalue weighted by Gasteiger charge is 2.40. The van der Waals surface area contributed by atoms with E-state index in [1.165, 1.54) is 42.3 Å². The van der Waals surface area contributed by atoms with Crippen LogP contribution < -0.4 is 9.64 Å². The largest absolute Gasteiger partial charge is 0.494 e. The molecule has 0 saturated heterocycles. The molecule has 0 spiro atoms. The molecule has 2 heterocycles. The van der Waals surface area contributed by atoms with Crippen molar-refractivity contribution in [2.75, 3.05) is 11.5 Å². The summed E-state index contributed by atoms with van der Waals surface area (Å²) >= 11 is 1.19. The molecule has 0 bridgehead atoms. The zero-order chi connectivity index (χ0) is 22.7. The molecule has 8 nitrogen and oxygen atoms in total. The summed E-state index contributed by atoms with van der Waals surface area (Å²) in [7, 11) is 0. The van der Waals surface area contributed by atoms with E-state index >= 15 is 0 Å². The minimum atomic E-state index is -0.516. The van der Waals surface area contributed by atoms with Gasteiger partial charge in [0.2, 0.25) is 0 Å². The Labute approximate surface area is 187 Å². The van der Waals surface area contributed by atoms with Crippen molar-refractivity contribution in [3.8, 4) is 5.75 Å². The maximum absolute atomic E-state index is 13.4. The van der Waals surface area contributed by atoms with E-state index < -0.39 is 16.7 Å². The second kappa shape index (κ2) is 9.11. The zero-order valence-electron chi connectivity index (χ0n) is 17.0. The molecular weight excluding hydrogens is 432 g/mol. The van der Waals surface area contributed by atoms with Crippen LogP contribution in [0.4, 0.5) is 11.4 Å². The number of carbonyl (C=O) groups is 2. The maximum Gasteiger partial charge on any atom is 0.272 e. The van der Waals surface area contributed by atoms with Gasteiger partial charge in [0.25, 0.3) is 17.5 Å². The van der Waals surface area contributed by atoms with E-state index in [2.05, 4.69) is 0 Å². The maximum atomic E-state index is 13.4. The van der Waals surface area contributed by atoms with Gasteiger partial charge in [-0.3, -0.25) is 19.7 Å². The van der Waals surface area contributed by atoms with Gasteiger partial charge in [0.05, 0.1) is 39.7 Å². The highest BCUT2D eigenvalue weighted by atomic mass is 32.2. The number of nitro benzene ring substituents is 1. The lowest BCUT2D eigenvalue weighted by molar-refractivity contribution is -0.384. The number of non-ortho nitro benzene ring substituents is 1. The highest BCUT2D eigenvalue weighted by Crippen LogP contribution is 2.40. The topological polar surface area (TPSA) is 103 Å². The number of hydrogen-bond donors (Lipinski definition) is 0. The lowest BCUT2D eigenvalue weighted by atomic mass is 10.1. The minimum Gasteiger partial charge on any atom is -0.494 e. The van der Waals surface area contributed by atoms with Crippen LogP contribution in [0.3, 0.4) is 0 Å². The lowest BCUT2D eigenvalue weighted by Gasteiger charge is -2.16. The molecule has 162 valence electrons. The fourth-order valence-electron chi connectivity index (χ4n) is 3.30. The van der Waals surface area contributed by atoms with Crippen molar-refractivity contribution in [2.24, 2.45) is 0 Å². The van der Waals surface area contributed by atoms with Gasteiger partial charge in [0, 0.05) is 18.2 Å². The summed E-state index contributed by atoms with van der Waals surface area (Å²) in [5.74, 6) is 0.583. The third kappa shape index (κ3) is 4.15. The molecule has 1 aliphatic rings. The number of amides is 2. The minimum absolute atomic E-state index is 0.0998. The van der Waals surface area contributed by atoms with Crippen molar-refractivity contribution in [1.29, 1.82) is 0 Å². The van der Waals surface area contributed by atoms with Crippen LogP contribution in [0, 0.1) is 10.1 Å². The molecule has 9 heteroatoms. The second-order valence-electron chi connectivity index (χ2n) is 6.75. The van der Waals surface area contributed by atoms with Crippen LogP contribution in [-0.2, 0) is 15.3 Å². The summed E-state index contributed by atoms with van der Waals surface area (Å²) in [5, 5.41) is 11.0. The van der Waals surface area contributed by atoms with E-state index in [4.69, 9.17) is 9.15 Å². The SMILES string of the molecule is CCOc1cccc(N2C(=O)C(SCc3ccco3)=C(c3ccc([N+](=O)[O-])cc3)C2=O)c1. The average Bonchev–Trinajstić information content (AvgIpc) is 3.38. The molecule has 0 radical (unpaired) electrons. The Hall–Kier alpha value is -3.85. The molecule has 2 amide bonds. The van der Waals surface area contributed by atoms with Crippen molar-refractivity contribution >= 4 is 40.5 Å². The predicted molar refractivity (Wildman–Crippen MR) is 120 cm³/mol. The summed E-state index contributed by atoms with van der Waals surface area (Å²) < 4.78 is 10.9. The lowest BCUT2D eigenvalue weighted by Crippen LogP contribution is -2.31. The van der Waals surface area contributed by atoms with Gasteiger partial charge < -0.3 is 9.15 Å². The molecule has 1 aliphatic heterocycles. The van der Waals surface area contributed by atoms with Crippen molar-refractivity contribution in [1.82, 2.24) is 0 Å². The van der Waals surface area contributed by atoms with E-state index in [9.17, 15) is 19.7 Å². The van der Waals surface area contributed by atoms with Crippen molar-refractivity contribution in [3.05, 3.63) is 93.3 Å². The number of benzene rings is 2. The first-order valence-electron chi connectivity index (χ1n) is 9.75. The number of ether oxygens (including phenoxy) is 1. The van der Waals surface area contributed by atoms with Crippen LogP contribution in [0.15, 0.2) is 76.2 Å². The molecule has 0 unspecified atom stereocenters. The van der Waals surface area contributed by atoms with Gasteiger partial charge >= 0.3 is 0 Å². The number of hydrogen-bond acceptors (Lipinski definition) is 7. The normalized spacial score (nSPS) is 13.7. The van der Waals surface area contributed by atoms with Gasteiger partial charge in [-0.25, -0.2) is 4.90 Å². The Balaban J connectivity index is 1.73. The van der Waals surface area contributed by atoms with E-state index in [1.807, 2.05) is 6.92 Å². The molecule has 0 N–H and O–H groups in total. The number of anilines is 1. The molecular formula is C23H18N2O6S. The third-order valence-corrected chi connectivity index (χ3v) is 5.83. The summed E-state index contributed by atoms with van der Waals surface area (Å²) in [6.45, 7) is 2.29. The Kier molecular flexibility index (Phi) is 6.09. The molecule has 32 heavy (non-hydrogen) atoms. The van der Waals surface area contributed by atoms with Crippen molar-refractivity contribution < 1.29 is 23.7 Å². The fraction of sp³-hybridized carbons (Fsp3) is 0.130. The van der Waals surface area contributed by atoms with Crippen LogP contribution >= 0.6 is 11.8 Å². The van der Waals surface area contributed by atoms with Gasteiger partial charge in [-0.2, -0.15) is 0 Å². The average molecular weight is 450 g/mol. The number of rotatable bonds is 8. The van der Waals surface area contributed by atoms with Crippen LogP contribution in [0.25, 0.3) is 5.57 Å². The standard InChI is InChI=1S/C23H18N2O6S/c1-2-30-18-6-3-5-17(13-18)24-22(26)20(15-8-10-16(11-9-15)25(28)29)21(23(24)27)32-14-19-7-4-12-31-19/h3-13H,2,14H2,1H3. The smallest absolute Gasteiger partial charge is 0.272 e. The molecule has 3 aromatic rings. The van der Waals surface area contributed by atoms with Gasteiger partial charge in [-0.15, -0.1) is 11.8 Å². The monoisotopic (exact) mass is 450 g/mol. The molecule has 0 atom stereocenters. The quantitative estimate of drug-likeness (QED) is 0.276. The van der Waals surface area contributed by atoms with Gasteiger partial charge in [0.1, 0.15) is 11.5 Å². The van der Waals surface area contributed by atoms with E-state index in [1.54, 1.807) is 36.4 Å². The van der Waals surface area contributed by atoms with Gasteiger partial charge in [-0.05, 0) is 48.9 Å². The summed E-state index contributed by atoms with van der Waals surface area (Å²) in [5.41, 5.74) is 0.916. The molecule has 0 aliphatic carbocycles. The Morgan fingerprint density at radius 3 is 2.50 bits per heavy atom. The fourth-order valence-corrected chi connectivity index (χ4v) is 4.31. The molecule has 1 aromatic heterocycles. The van der Waals surface area contributed by atoms with Gasteiger partial charge in [0.15, 0.2) is 0 Å².